The number of hydrogen-bond donors (Lipinski definition) is 24. The number of rotatable bonds is 34. The molecule has 0 saturated carbocycles. The van der Waals surface area contributed by atoms with Crippen LogP contribution in [0.25, 0.3) is 0 Å². The number of phenols is 2. The lowest BCUT2D eigenvalue weighted by atomic mass is 9.96. The molecular weight excluding hydrogens is 1880 g/mol. The van der Waals surface area contributed by atoms with E-state index in [1.807, 2.05) is 0 Å². The Morgan fingerprint density at radius 2 is 0.696 bits per heavy atom. The molecule has 0 aliphatic carbocycles. The zero-order valence-electron chi connectivity index (χ0n) is 78.2. The Morgan fingerprint density at radius 1 is 0.391 bits per heavy atom. The number of carbonyl (C=O) groups excluding carboxylic acids is 22. The number of primary amides is 6. The number of aromatic hydroxyl groups is 2. The molecule has 5 rings (SSSR count). The van der Waals surface area contributed by atoms with Crippen molar-refractivity contribution in [2.75, 3.05) is 49.2 Å². The van der Waals surface area contributed by atoms with Crippen molar-refractivity contribution in [1.29, 1.82) is 0 Å². The third kappa shape index (κ3) is 39.3. The molecule has 138 heavy (non-hydrogen) atoms. The minimum absolute atomic E-state index is 0.000499. The lowest BCUT2D eigenvalue weighted by molar-refractivity contribution is -0.142. The maximum atomic E-state index is 15.6. The van der Waals surface area contributed by atoms with E-state index >= 15 is 19.2 Å². The molecule has 764 valence electrons. The van der Waals surface area contributed by atoms with E-state index < -0.39 is 302 Å². The number of hydrogen-bond acceptors (Lipinski definition) is 30. The summed E-state index contributed by atoms with van der Waals surface area (Å²) in [5.41, 5.74) is 47.0. The Kier molecular flexibility index (Phi) is 48.7. The minimum atomic E-state index is -2.11. The topological polar surface area (TPSA) is 799 Å². The highest BCUT2D eigenvalue weighted by molar-refractivity contribution is 8.77. The summed E-state index contributed by atoms with van der Waals surface area (Å²) in [5.74, 6) is -27.4. The van der Waals surface area contributed by atoms with Crippen molar-refractivity contribution in [2.45, 2.75) is 255 Å². The van der Waals surface area contributed by atoms with Crippen molar-refractivity contribution in [2.24, 2.45) is 69.5 Å². The van der Waals surface area contributed by atoms with Crippen LogP contribution in [0.1, 0.15) is 156 Å². The van der Waals surface area contributed by atoms with Crippen LogP contribution in [0.15, 0.2) is 48.5 Å². The first-order valence-electron chi connectivity index (χ1n) is 45.1. The smallest absolute Gasteiger partial charge is 0.246 e. The van der Waals surface area contributed by atoms with Crippen LogP contribution in [0, 0.1) is 23.7 Å². The molecule has 48 nitrogen and oxygen atoms in total. The van der Waals surface area contributed by atoms with E-state index in [0.717, 1.165) is 31.4 Å². The van der Waals surface area contributed by atoms with Gasteiger partial charge in [0.05, 0.1) is 38.0 Å². The lowest BCUT2D eigenvalue weighted by Gasteiger charge is -2.32. The molecule has 0 bridgehead atoms. The highest BCUT2D eigenvalue weighted by Crippen LogP contribution is 2.30. The molecule has 3 unspecified atom stereocenters. The second-order valence-corrected chi connectivity index (χ2v) is 39.9. The Bertz CT molecular complexity index is 4380. The normalized spacial score (nSPS) is 24.3. The Balaban J connectivity index is 1.74. The largest absolute Gasteiger partial charge is 0.508 e. The Hall–Kier alpha value is -12.3. The zero-order chi connectivity index (χ0) is 103. The van der Waals surface area contributed by atoms with E-state index in [1.165, 1.54) is 48.5 Å². The number of nitrogens with two attached hydrogens (primary N) is 8. The first-order chi connectivity index (χ1) is 65.0. The fourth-order valence-electron chi connectivity index (χ4n) is 14.7. The second-order valence-electron chi connectivity index (χ2n) is 34.8. The van der Waals surface area contributed by atoms with Gasteiger partial charge in [0.15, 0.2) is 0 Å². The summed E-state index contributed by atoms with van der Waals surface area (Å²) < 4.78 is 0. The third-order valence-corrected chi connectivity index (χ3v) is 27.5. The molecule has 3 aliphatic heterocycles. The van der Waals surface area contributed by atoms with E-state index in [2.05, 4.69) is 74.4 Å². The van der Waals surface area contributed by atoms with Gasteiger partial charge in [0, 0.05) is 61.8 Å². The molecule has 52 heteroatoms. The van der Waals surface area contributed by atoms with Crippen molar-refractivity contribution in [3.8, 4) is 11.5 Å². The van der Waals surface area contributed by atoms with Gasteiger partial charge in [0.25, 0.3) is 0 Å². The SMILES string of the molecule is CC[C@H](C)[C@@H]1NC(=O)C(Cc2ccc(O)cc2)NC(=O)[C@@H](N)CSSC[C@H](N)C(=O)N[C@@H](Cc2ccc(O)cc2)C(=O)N[C@@H]([C@@H](C)CC)C(=O)NC(CCC(N)=O)C(=O)N[C@@H](CC(N)=O)C(=O)NC(C(=O)N2CCC[C@H]2C(=O)N[C@@H](CC(C)C)C(=O)NCC(N)=O)CSSC[C@@H](C(=O)N2CCC[C@H]2C(=O)N[C@@H](CC(C)C)C(=O)NCC(N)=O)NC(=O)[C@H](CC(N)=O)NC(=O)[C@H](CCC(N)=O)NC1=O. The van der Waals surface area contributed by atoms with Crippen molar-refractivity contribution in [1.82, 2.24) is 84.2 Å². The zero-order valence-corrected chi connectivity index (χ0v) is 81.4. The molecule has 18 atom stereocenters. The number of amides is 22. The number of nitrogens with zero attached hydrogens (tertiary/aromatic N) is 2. The van der Waals surface area contributed by atoms with Crippen LogP contribution in [0.2, 0.25) is 0 Å². The summed E-state index contributed by atoms with van der Waals surface area (Å²) in [6.45, 7) is 11.6. The van der Waals surface area contributed by atoms with Crippen molar-refractivity contribution in [3.05, 3.63) is 59.7 Å². The summed E-state index contributed by atoms with van der Waals surface area (Å²) in [6, 6.07) is -15.5. The van der Waals surface area contributed by atoms with Gasteiger partial charge in [-0.25, -0.2) is 0 Å². The summed E-state index contributed by atoms with van der Waals surface area (Å²) in [6.07, 6.45) is -4.91. The number of carbonyl (C=O) groups is 22. The predicted molar refractivity (Wildman–Crippen MR) is 509 cm³/mol. The molecule has 2 aromatic rings. The maximum Gasteiger partial charge on any atom is 0.246 e. The van der Waals surface area contributed by atoms with Crippen LogP contribution in [0.3, 0.4) is 0 Å². The highest BCUT2D eigenvalue weighted by atomic mass is 33.1. The van der Waals surface area contributed by atoms with Gasteiger partial charge in [0.2, 0.25) is 130 Å². The number of likely N-dealkylation sites (tertiary alicyclic amines) is 2. The summed E-state index contributed by atoms with van der Waals surface area (Å²) >= 11 is 0. The van der Waals surface area contributed by atoms with E-state index in [-0.39, 0.29) is 112 Å². The van der Waals surface area contributed by atoms with Crippen LogP contribution in [-0.4, -0.2) is 296 Å². The molecule has 32 N–H and O–H groups in total. The Morgan fingerprint density at radius 3 is 1.00 bits per heavy atom. The molecule has 3 aliphatic rings. The monoisotopic (exact) mass is 2010 g/mol. The maximum absolute atomic E-state index is 15.6. The standard InChI is InChI=1S/C86H132N24O24S4/c1-9-43(7)69-83(131)97-51(23-25-63(89)113)75(123)101-57(33-65(91)115)77(125)105-59(85(133)109-27-11-13-61(109)81(129)103-53(29-41(3)4)73(121)95-35-67(93)117)39-137-138-40-60(86(134)110-28-12-14-62(110)82(130)104-54(30-42(5)6)74(122)96-36-68(94)118)106-78(126)58(34-66(92)116)102-76(124)52(24-26-64(90)114)98-84(132)70(44(8)10-2)108-80(128)56(32-46-17-21-48(112)22-18-46)100-72(120)50(88)38-136-135-37-49(87)71(119)99-55(79(127)107-69)31-45-15-19-47(111)20-16-45/h15-22,41-44,49-62,69-70,111-112H,9-14,23-40,87-88H2,1-8H3,(H2,89,113)(H2,90,114)(H2,91,115)(H2,92,116)(H2,93,117)(H2,94,118)(H,95,121)(H,96,122)(H,97,131)(H,98,132)(H,99,119)(H,100,120)(H,101,123)(H,102,124)(H,103,129)(H,104,130)(H,105,125)(H,106,126)(H,107,127)(H,108,128)/t43-,44-,49-,50-,51-,52?,53-,54-,55?,56-,57-,58-,59-,60?,61-,62-,69-,70-/m0/s1. The molecule has 3 fully saturated rings. The molecule has 0 radical (unpaired) electrons. The number of phenolic OH excluding ortho intramolecular Hbond substituents is 2. The van der Waals surface area contributed by atoms with Gasteiger partial charge in [-0.1, -0.05) is 136 Å². The van der Waals surface area contributed by atoms with Crippen LogP contribution >= 0.6 is 43.2 Å². The molecule has 22 amide bonds. The summed E-state index contributed by atoms with van der Waals surface area (Å²) in [5, 5.41) is 55.6. The number of benzene rings is 2. The van der Waals surface area contributed by atoms with Crippen LogP contribution in [0.5, 0.6) is 11.5 Å². The molecule has 0 spiro atoms. The average Bonchev–Trinajstić information content (AvgIpc) is 1.66. The van der Waals surface area contributed by atoms with Gasteiger partial charge in [-0.15, -0.1) is 0 Å². The van der Waals surface area contributed by atoms with Gasteiger partial charge in [-0.3, -0.25) is 105 Å². The van der Waals surface area contributed by atoms with Gasteiger partial charge in [-0.2, -0.15) is 0 Å². The highest BCUT2D eigenvalue weighted by Gasteiger charge is 2.45. The van der Waals surface area contributed by atoms with Gasteiger partial charge in [-0.05, 0) is 110 Å². The van der Waals surface area contributed by atoms with Crippen molar-refractivity contribution >= 4 is 173 Å². The molecule has 3 heterocycles. The molecule has 0 aromatic heterocycles. The van der Waals surface area contributed by atoms with E-state index in [9.17, 15) is 96.5 Å². The van der Waals surface area contributed by atoms with Crippen LogP contribution in [0.4, 0.5) is 0 Å². The van der Waals surface area contributed by atoms with E-state index in [1.54, 1.807) is 55.4 Å². The van der Waals surface area contributed by atoms with Gasteiger partial charge in [0.1, 0.15) is 96.1 Å². The van der Waals surface area contributed by atoms with E-state index in [0.29, 0.717) is 32.7 Å². The van der Waals surface area contributed by atoms with Crippen LogP contribution < -0.4 is 120 Å². The third-order valence-electron chi connectivity index (χ3n) is 22.6. The molecular formula is C86H132N24O24S4. The van der Waals surface area contributed by atoms with Crippen molar-refractivity contribution < 1.29 is 116 Å². The number of nitrogens with one attached hydrogen (secondary N) is 14. The quantitative estimate of drug-likeness (QED) is 0.0290. The fourth-order valence-corrected chi connectivity index (χ4v) is 19.2. The molecule has 3 saturated heterocycles. The lowest BCUT2D eigenvalue weighted by Crippen LogP contribution is -2.61. The average molecular weight is 2010 g/mol. The van der Waals surface area contributed by atoms with Crippen molar-refractivity contribution in [3.63, 3.8) is 0 Å². The Labute approximate surface area is 813 Å². The minimum Gasteiger partial charge on any atom is -0.508 e. The molecule has 2 aromatic carbocycles. The van der Waals surface area contributed by atoms with Gasteiger partial charge < -0.3 is 140 Å². The first-order valence-corrected chi connectivity index (χ1v) is 50.1. The second kappa shape index (κ2) is 57.8. The summed E-state index contributed by atoms with van der Waals surface area (Å²) in [4.78, 5) is 313. The first kappa shape index (κ1) is 116. The van der Waals surface area contributed by atoms with E-state index in [4.69, 9.17) is 45.9 Å². The summed E-state index contributed by atoms with van der Waals surface area (Å²) in [7, 11) is 3.31. The van der Waals surface area contributed by atoms with Gasteiger partial charge >= 0.3 is 0 Å². The van der Waals surface area contributed by atoms with Crippen LogP contribution in [-0.2, 0) is 118 Å². The fraction of sp³-hybridized carbons (Fsp3) is 0.605. The predicted octanol–water partition coefficient (Wildman–Crippen LogP) is -7.22.